The highest BCUT2D eigenvalue weighted by Crippen LogP contribution is 2.12. The molecule has 0 rings (SSSR count). The first kappa shape index (κ1) is 66.0. The van der Waals surface area contributed by atoms with Gasteiger partial charge in [0.1, 0.15) is 13.2 Å². The van der Waals surface area contributed by atoms with Crippen molar-refractivity contribution in [2.45, 2.75) is 175 Å². The highest BCUT2D eigenvalue weighted by atomic mass is 16.6. The zero-order valence-corrected chi connectivity index (χ0v) is 44.8. The second kappa shape index (κ2) is 57.6. The molecule has 6 nitrogen and oxygen atoms in total. The second-order valence-corrected chi connectivity index (χ2v) is 17.1. The van der Waals surface area contributed by atoms with E-state index in [2.05, 4.69) is 93.7 Å². The van der Waals surface area contributed by atoms with Gasteiger partial charge in [-0.25, -0.2) is 0 Å². The zero-order chi connectivity index (χ0) is 52.2. The van der Waals surface area contributed by atoms with Crippen molar-refractivity contribution in [1.82, 2.24) is 0 Å². The largest absolute Gasteiger partial charge is 0.462 e. The van der Waals surface area contributed by atoms with Crippen LogP contribution < -0.4 is 0 Å². The molecule has 0 spiro atoms. The van der Waals surface area contributed by atoms with Crippen molar-refractivity contribution in [2.24, 2.45) is 0 Å². The topological polar surface area (TPSA) is 78.9 Å². The summed E-state index contributed by atoms with van der Waals surface area (Å²) in [5.74, 6) is -1.07. The molecule has 0 aliphatic rings. The van der Waals surface area contributed by atoms with Crippen LogP contribution in [0.25, 0.3) is 0 Å². The number of unbranched alkanes of at least 4 members (excludes halogenated alkanes) is 14. The van der Waals surface area contributed by atoms with Gasteiger partial charge in [-0.15, -0.1) is 0 Å². The predicted octanol–water partition coefficient (Wildman–Crippen LogP) is 18.5. The lowest BCUT2D eigenvalue weighted by Gasteiger charge is -2.18. The highest BCUT2D eigenvalue weighted by molar-refractivity contribution is 5.71. The smallest absolute Gasteiger partial charge is 0.306 e. The Labute approximate surface area is 439 Å². The van der Waals surface area contributed by atoms with Gasteiger partial charge >= 0.3 is 17.9 Å². The lowest BCUT2D eigenvalue weighted by molar-refractivity contribution is -0.167. The molecule has 0 aromatic rings. The molecule has 0 N–H and O–H groups in total. The van der Waals surface area contributed by atoms with Crippen molar-refractivity contribution in [3.63, 3.8) is 0 Å². The van der Waals surface area contributed by atoms with Crippen molar-refractivity contribution >= 4 is 17.9 Å². The van der Waals surface area contributed by atoms with E-state index in [1.807, 2.05) is 134 Å². The summed E-state index contributed by atoms with van der Waals surface area (Å²) in [5, 5.41) is 0. The number of carbonyl (C=O) groups excluding carboxylic acids is 3. The minimum Gasteiger partial charge on any atom is -0.462 e. The number of ether oxygens (including phenoxy) is 3. The SMILES string of the molecule is CC\C=C/C=C\C=C/C=C\C=C\C=C/C=C\CCCCCC(=O)OCC(COC(=O)CCCCC\C=C/C=C/C=C\C=C/C=C\C=C/CC)OC(=O)CCCCCCC\C=C/C=C\C=C/C=C\CCCCC. The Morgan fingerprint density at radius 3 is 0.861 bits per heavy atom. The predicted molar refractivity (Wildman–Crippen MR) is 310 cm³/mol. The third-order valence-electron chi connectivity index (χ3n) is 10.5. The molecule has 0 radical (unpaired) electrons. The van der Waals surface area contributed by atoms with Gasteiger partial charge in [0, 0.05) is 19.3 Å². The van der Waals surface area contributed by atoms with Crippen LogP contribution in [0.2, 0.25) is 0 Å². The average molecular weight is 983 g/mol. The quantitative estimate of drug-likeness (QED) is 0.0262. The number of hydrogen-bond acceptors (Lipinski definition) is 6. The lowest BCUT2D eigenvalue weighted by Crippen LogP contribution is -2.30. The molecule has 0 aromatic heterocycles. The van der Waals surface area contributed by atoms with Gasteiger partial charge in [0.25, 0.3) is 0 Å². The Hall–Kier alpha value is -6.01. The van der Waals surface area contributed by atoms with Crippen LogP contribution in [0, 0.1) is 0 Å². The van der Waals surface area contributed by atoms with Gasteiger partial charge in [-0.2, -0.15) is 0 Å². The van der Waals surface area contributed by atoms with Crippen molar-refractivity contribution in [2.75, 3.05) is 13.2 Å². The minimum atomic E-state index is -0.844. The summed E-state index contributed by atoms with van der Waals surface area (Å²) in [6.45, 7) is 6.17. The first-order valence-corrected chi connectivity index (χ1v) is 27.3. The van der Waals surface area contributed by atoms with Crippen molar-refractivity contribution in [3.05, 3.63) is 207 Å². The van der Waals surface area contributed by atoms with E-state index in [1.165, 1.54) is 19.3 Å². The Morgan fingerprint density at radius 2 is 0.542 bits per heavy atom. The highest BCUT2D eigenvalue weighted by Gasteiger charge is 2.19. The van der Waals surface area contributed by atoms with Gasteiger partial charge < -0.3 is 14.2 Å². The Morgan fingerprint density at radius 1 is 0.292 bits per heavy atom. The molecule has 0 saturated heterocycles. The van der Waals surface area contributed by atoms with Crippen LogP contribution in [0.4, 0.5) is 0 Å². The molecule has 0 aliphatic carbocycles. The number of hydrogen-bond donors (Lipinski definition) is 0. The van der Waals surface area contributed by atoms with E-state index in [4.69, 9.17) is 14.2 Å². The lowest BCUT2D eigenvalue weighted by atomic mass is 10.1. The van der Waals surface area contributed by atoms with E-state index in [9.17, 15) is 14.4 Å². The minimum absolute atomic E-state index is 0.140. The molecular formula is C66H94O6. The first-order chi connectivity index (χ1) is 35.5. The standard InChI is InChI=1S/C66H94O6/c1-4-7-10-13-16-19-22-25-28-31-33-36-38-41-44-47-50-53-56-59-65(68)71-62-63(61-70-64(67)58-55-52-49-46-43-40-37-34-30-27-24-21-18-15-12-9-6-3)72-66(69)60-57-54-51-48-45-42-39-35-32-29-26-23-20-17-14-11-8-5-2/h7,9-10,12-13,15-41,43-44,63H,4-6,8,11,14,42,45-62H2,1-3H3/b10-7-,12-9-,16-13-,18-15-,20-17-,22-19-,24-21-,26-23-,28-25-,30-27-,32-29-,33-31+,37-34+,38-36-,39-35-,43-40-,44-41-. The number of rotatable bonds is 45. The summed E-state index contributed by atoms with van der Waals surface area (Å²) < 4.78 is 16.7. The maximum atomic E-state index is 12.9. The fourth-order valence-corrected chi connectivity index (χ4v) is 6.41. The van der Waals surface area contributed by atoms with Gasteiger partial charge in [0.05, 0.1) is 0 Å². The van der Waals surface area contributed by atoms with Crippen LogP contribution in [0.5, 0.6) is 0 Å². The van der Waals surface area contributed by atoms with E-state index in [0.29, 0.717) is 19.3 Å². The third-order valence-corrected chi connectivity index (χ3v) is 10.5. The zero-order valence-electron chi connectivity index (χ0n) is 44.8. The van der Waals surface area contributed by atoms with E-state index in [-0.39, 0.29) is 50.4 Å². The van der Waals surface area contributed by atoms with Crippen molar-refractivity contribution < 1.29 is 28.6 Å². The molecule has 6 heteroatoms. The summed E-state index contributed by atoms with van der Waals surface area (Å²) in [6.07, 6.45) is 89.3. The molecule has 0 heterocycles. The molecule has 0 bridgehead atoms. The van der Waals surface area contributed by atoms with Gasteiger partial charge in [-0.3, -0.25) is 14.4 Å². The summed E-state index contributed by atoms with van der Waals surface area (Å²) >= 11 is 0. The van der Waals surface area contributed by atoms with Gasteiger partial charge in [0.15, 0.2) is 6.10 Å². The molecule has 72 heavy (non-hydrogen) atoms. The summed E-state index contributed by atoms with van der Waals surface area (Å²) in [5.41, 5.74) is 0. The van der Waals surface area contributed by atoms with E-state index in [1.54, 1.807) is 0 Å². The van der Waals surface area contributed by atoms with Crippen LogP contribution in [0.15, 0.2) is 207 Å². The van der Waals surface area contributed by atoms with Gasteiger partial charge in [-0.1, -0.05) is 272 Å². The van der Waals surface area contributed by atoms with Gasteiger partial charge in [0.2, 0.25) is 0 Å². The Bertz CT molecular complexity index is 1840. The fourth-order valence-electron chi connectivity index (χ4n) is 6.41. The Kier molecular flexibility index (Phi) is 52.8. The van der Waals surface area contributed by atoms with Crippen LogP contribution in [0.1, 0.15) is 168 Å². The Balaban J connectivity index is 4.70. The monoisotopic (exact) mass is 983 g/mol. The van der Waals surface area contributed by atoms with Crippen LogP contribution in [0.3, 0.4) is 0 Å². The molecule has 0 amide bonds. The number of carbonyl (C=O) groups is 3. The fraction of sp³-hybridized carbons (Fsp3) is 0.439. The van der Waals surface area contributed by atoms with Crippen molar-refractivity contribution in [3.8, 4) is 0 Å². The maximum absolute atomic E-state index is 12.9. The molecule has 0 aliphatic heterocycles. The first-order valence-electron chi connectivity index (χ1n) is 27.3. The molecular weight excluding hydrogens is 889 g/mol. The van der Waals surface area contributed by atoms with Gasteiger partial charge in [-0.05, 0) is 83.5 Å². The normalized spacial score (nSPS) is 13.8. The molecule has 0 saturated carbocycles. The molecule has 394 valence electrons. The molecule has 1 unspecified atom stereocenters. The molecule has 0 aromatic carbocycles. The maximum Gasteiger partial charge on any atom is 0.306 e. The third kappa shape index (κ3) is 54.9. The molecule has 1 atom stereocenters. The van der Waals surface area contributed by atoms with E-state index in [0.717, 1.165) is 89.9 Å². The molecule has 0 fully saturated rings. The van der Waals surface area contributed by atoms with Crippen LogP contribution in [-0.4, -0.2) is 37.2 Å². The van der Waals surface area contributed by atoms with Crippen molar-refractivity contribution in [1.29, 1.82) is 0 Å². The number of allylic oxidation sites excluding steroid dienone is 34. The summed E-state index contributed by atoms with van der Waals surface area (Å²) in [4.78, 5) is 38.1. The second-order valence-electron chi connectivity index (χ2n) is 17.1. The number of esters is 3. The summed E-state index contributed by atoms with van der Waals surface area (Å²) in [7, 11) is 0. The van der Waals surface area contributed by atoms with E-state index >= 15 is 0 Å². The van der Waals surface area contributed by atoms with E-state index < -0.39 is 6.10 Å². The average Bonchev–Trinajstić information content (AvgIpc) is 3.38. The van der Waals surface area contributed by atoms with Crippen LogP contribution >= 0.6 is 0 Å². The summed E-state index contributed by atoms with van der Waals surface area (Å²) in [6, 6.07) is 0. The van der Waals surface area contributed by atoms with Crippen LogP contribution in [-0.2, 0) is 28.6 Å².